The van der Waals surface area contributed by atoms with Gasteiger partial charge in [-0.1, -0.05) is 29.4 Å². The number of nitrogens with zero attached hydrogens (tertiary/aromatic N) is 4. The van der Waals surface area contributed by atoms with E-state index in [4.69, 9.17) is 0 Å². The van der Waals surface area contributed by atoms with E-state index in [1.165, 1.54) is 19.6 Å². The molecule has 0 aliphatic rings. The third kappa shape index (κ3) is 3.52. The fourth-order valence-electron chi connectivity index (χ4n) is 2.13. The van der Waals surface area contributed by atoms with Gasteiger partial charge in [0.05, 0.1) is 19.6 Å². The van der Waals surface area contributed by atoms with Crippen LogP contribution < -0.4 is 0 Å². The molecule has 0 fully saturated rings. The Labute approximate surface area is 139 Å². The summed E-state index contributed by atoms with van der Waals surface area (Å²) in [5.74, 6) is -2.06. The molecular formula is C15H11F3N4O3. The van der Waals surface area contributed by atoms with E-state index in [1.54, 1.807) is 28.8 Å². The minimum absolute atomic E-state index is 0.156. The van der Waals surface area contributed by atoms with E-state index in [0.29, 0.717) is 17.8 Å². The normalized spacial score (nSPS) is 11.5. The zero-order valence-corrected chi connectivity index (χ0v) is 12.8. The molecule has 10 heteroatoms. The fourth-order valence-corrected chi connectivity index (χ4v) is 2.13. The number of hydrogen-bond acceptors (Lipinski definition) is 6. The summed E-state index contributed by atoms with van der Waals surface area (Å²) >= 11 is 0. The lowest BCUT2D eigenvalue weighted by Crippen LogP contribution is -2.10. The molecule has 0 unspecified atom stereocenters. The molecular weight excluding hydrogens is 341 g/mol. The molecule has 0 aliphatic carbocycles. The molecule has 25 heavy (non-hydrogen) atoms. The van der Waals surface area contributed by atoms with Crippen molar-refractivity contribution in [2.75, 3.05) is 7.11 Å². The second-order valence-corrected chi connectivity index (χ2v) is 5.02. The molecule has 2 heterocycles. The van der Waals surface area contributed by atoms with Crippen molar-refractivity contribution >= 4 is 5.97 Å². The number of imidazole rings is 1. The second kappa shape index (κ2) is 6.38. The Hall–Kier alpha value is -3.17. The molecule has 3 aromatic rings. The van der Waals surface area contributed by atoms with Crippen LogP contribution in [0, 0.1) is 0 Å². The molecule has 1 aromatic carbocycles. The number of carbonyl (C=O) groups is 1. The van der Waals surface area contributed by atoms with Crippen LogP contribution in [-0.2, 0) is 17.5 Å². The van der Waals surface area contributed by atoms with E-state index in [0.717, 1.165) is 5.56 Å². The van der Waals surface area contributed by atoms with E-state index in [9.17, 15) is 18.0 Å². The maximum atomic E-state index is 12.5. The molecule has 0 bridgehead atoms. The van der Waals surface area contributed by atoms with Gasteiger partial charge in [0.25, 0.3) is 0 Å². The SMILES string of the molecule is COC(=O)c1cncn1Cc1ccc(-c2noc(C(F)(F)F)n2)cc1. The molecule has 3 rings (SSSR count). The standard InChI is InChI=1S/C15H11F3N4O3/c1-24-13(23)11-6-19-8-22(11)7-9-2-4-10(5-3-9)12-20-14(25-21-12)15(16,17)18/h2-6,8H,7H2,1H3. The lowest BCUT2D eigenvalue weighted by Gasteiger charge is -2.07. The van der Waals surface area contributed by atoms with Crippen molar-refractivity contribution in [1.29, 1.82) is 0 Å². The van der Waals surface area contributed by atoms with Crippen LogP contribution in [0.15, 0.2) is 41.3 Å². The van der Waals surface area contributed by atoms with Gasteiger partial charge >= 0.3 is 18.0 Å². The van der Waals surface area contributed by atoms with Gasteiger partial charge in [0.2, 0.25) is 5.82 Å². The third-order valence-corrected chi connectivity index (χ3v) is 3.34. The van der Waals surface area contributed by atoms with E-state index in [2.05, 4.69) is 24.4 Å². The van der Waals surface area contributed by atoms with Gasteiger partial charge in [-0.25, -0.2) is 9.78 Å². The molecule has 0 saturated heterocycles. The van der Waals surface area contributed by atoms with Gasteiger partial charge in [-0.15, -0.1) is 0 Å². The predicted octanol–water partition coefficient (Wildman–Crippen LogP) is 2.79. The zero-order valence-electron chi connectivity index (χ0n) is 12.8. The van der Waals surface area contributed by atoms with Crippen molar-refractivity contribution in [2.45, 2.75) is 12.7 Å². The lowest BCUT2D eigenvalue weighted by atomic mass is 10.1. The number of methoxy groups -OCH3 is 1. The van der Waals surface area contributed by atoms with Crippen molar-refractivity contribution in [2.24, 2.45) is 0 Å². The Bertz CT molecular complexity index is 884. The van der Waals surface area contributed by atoms with Crippen molar-refractivity contribution in [3.05, 3.63) is 53.9 Å². The minimum atomic E-state index is -4.68. The van der Waals surface area contributed by atoms with Crippen LogP contribution in [0.2, 0.25) is 0 Å². The summed E-state index contributed by atoms with van der Waals surface area (Å²) in [6, 6.07) is 6.49. The average Bonchev–Trinajstić information content (AvgIpc) is 3.24. The molecule has 2 aromatic heterocycles. The first-order valence-corrected chi connectivity index (χ1v) is 6.97. The predicted molar refractivity (Wildman–Crippen MR) is 77.4 cm³/mol. The summed E-state index contributed by atoms with van der Waals surface area (Å²) in [5.41, 5.74) is 1.47. The van der Waals surface area contributed by atoms with Gasteiger partial charge in [-0.3, -0.25) is 0 Å². The molecule has 0 radical (unpaired) electrons. The minimum Gasteiger partial charge on any atom is -0.464 e. The number of benzene rings is 1. The number of halogens is 3. The maximum absolute atomic E-state index is 12.5. The average molecular weight is 352 g/mol. The number of ether oxygens (including phenoxy) is 1. The number of hydrogen-bond donors (Lipinski definition) is 0. The highest BCUT2D eigenvalue weighted by Gasteiger charge is 2.38. The van der Waals surface area contributed by atoms with E-state index in [1.807, 2.05) is 0 Å². The molecule has 0 N–H and O–H groups in total. The number of rotatable bonds is 4. The van der Waals surface area contributed by atoms with Crippen LogP contribution in [0.1, 0.15) is 21.9 Å². The Kier molecular flexibility index (Phi) is 4.26. The maximum Gasteiger partial charge on any atom is 0.471 e. The van der Waals surface area contributed by atoms with E-state index >= 15 is 0 Å². The molecule has 0 amide bonds. The molecule has 0 saturated carbocycles. The summed E-state index contributed by atoms with van der Waals surface area (Å²) in [5, 5.41) is 3.32. The van der Waals surface area contributed by atoms with Crippen molar-refractivity contribution in [3.63, 3.8) is 0 Å². The summed E-state index contributed by atoms with van der Waals surface area (Å²) in [4.78, 5) is 18.8. The third-order valence-electron chi connectivity index (χ3n) is 3.34. The Morgan fingerprint density at radius 1 is 1.28 bits per heavy atom. The van der Waals surface area contributed by atoms with Crippen LogP contribution in [-0.4, -0.2) is 32.8 Å². The van der Waals surface area contributed by atoms with E-state index in [-0.39, 0.29) is 5.82 Å². The van der Waals surface area contributed by atoms with Crippen LogP contribution >= 0.6 is 0 Å². The summed E-state index contributed by atoms with van der Waals surface area (Å²) < 4.78 is 47.9. The van der Waals surface area contributed by atoms with Crippen molar-refractivity contribution in [1.82, 2.24) is 19.7 Å². The Morgan fingerprint density at radius 3 is 2.60 bits per heavy atom. The van der Waals surface area contributed by atoms with Gasteiger partial charge in [-0.05, 0) is 5.56 Å². The fraction of sp³-hybridized carbons (Fsp3) is 0.200. The van der Waals surface area contributed by atoms with Gasteiger partial charge in [0, 0.05) is 12.1 Å². The first kappa shape index (κ1) is 16.7. The van der Waals surface area contributed by atoms with Crippen molar-refractivity contribution in [3.8, 4) is 11.4 Å². The summed E-state index contributed by atoms with van der Waals surface area (Å²) in [6.07, 6.45) is -1.82. The summed E-state index contributed by atoms with van der Waals surface area (Å²) in [6.45, 7) is 0.338. The van der Waals surface area contributed by atoms with Gasteiger partial charge < -0.3 is 13.8 Å². The highest BCUT2D eigenvalue weighted by atomic mass is 19.4. The van der Waals surface area contributed by atoms with Gasteiger partial charge in [0.15, 0.2) is 0 Å². The largest absolute Gasteiger partial charge is 0.471 e. The second-order valence-electron chi connectivity index (χ2n) is 5.02. The molecule has 0 atom stereocenters. The topological polar surface area (TPSA) is 83.0 Å². The number of alkyl halides is 3. The van der Waals surface area contributed by atoms with Gasteiger partial charge in [0.1, 0.15) is 5.69 Å². The molecule has 7 nitrogen and oxygen atoms in total. The highest BCUT2D eigenvalue weighted by Crippen LogP contribution is 2.29. The van der Waals surface area contributed by atoms with Crippen LogP contribution in [0.3, 0.4) is 0 Å². The first-order valence-electron chi connectivity index (χ1n) is 6.97. The Balaban J connectivity index is 1.78. The highest BCUT2D eigenvalue weighted by molar-refractivity contribution is 5.87. The lowest BCUT2D eigenvalue weighted by molar-refractivity contribution is -0.159. The molecule has 0 spiro atoms. The summed E-state index contributed by atoms with van der Waals surface area (Å²) in [7, 11) is 1.27. The van der Waals surface area contributed by atoms with Crippen LogP contribution in [0.5, 0.6) is 0 Å². The first-order chi connectivity index (χ1) is 11.9. The number of carbonyl (C=O) groups excluding carboxylic acids is 1. The Morgan fingerprint density at radius 2 is 2.00 bits per heavy atom. The smallest absolute Gasteiger partial charge is 0.464 e. The van der Waals surface area contributed by atoms with Crippen LogP contribution in [0.4, 0.5) is 13.2 Å². The van der Waals surface area contributed by atoms with Crippen LogP contribution in [0.25, 0.3) is 11.4 Å². The molecule has 0 aliphatic heterocycles. The van der Waals surface area contributed by atoms with Crippen molar-refractivity contribution < 1.29 is 27.2 Å². The molecule has 130 valence electrons. The van der Waals surface area contributed by atoms with E-state index < -0.39 is 18.0 Å². The van der Waals surface area contributed by atoms with Gasteiger partial charge in [-0.2, -0.15) is 18.2 Å². The number of aromatic nitrogens is 4. The zero-order chi connectivity index (χ0) is 18.0. The number of esters is 1. The quantitative estimate of drug-likeness (QED) is 0.672. The monoisotopic (exact) mass is 352 g/mol.